The molecule has 3 aliphatic rings. The summed E-state index contributed by atoms with van der Waals surface area (Å²) in [5.74, 6) is 0.456. The Labute approximate surface area is 200 Å². The summed E-state index contributed by atoms with van der Waals surface area (Å²) >= 11 is 0. The van der Waals surface area contributed by atoms with Gasteiger partial charge in [0.1, 0.15) is 11.6 Å². The van der Waals surface area contributed by atoms with Gasteiger partial charge >= 0.3 is 12.0 Å². The van der Waals surface area contributed by atoms with Gasteiger partial charge in [0.15, 0.2) is 0 Å². The summed E-state index contributed by atoms with van der Waals surface area (Å²) < 4.78 is 59.8. The van der Waals surface area contributed by atoms with Crippen LogP contribution in [0, 0.1) is 5.82 Å². The van der Waals surface area contributed by atoms with Crippen LogP contribution >= 0.6 is 0 Å². The van der Waals surface area contributed by atoms with E-state index in [4.69, 9.17) is 0 Å². The molecule has 0 bridgehead atoms. The highest BCUT2D eigenvalue weighted by molar-refractivity contribution is 5.96. The van der Waals surface area contributed by atoms with Gasteiger partial charge in [-0.15, -0.1) is 5.10 Å². The Morgan fingerprint density at radius 3 is 2.60 bits per heavy atom. The molecule has 0 amide bonds. The second-order valence-electron chi connectivity index (χ2n) is 9.35. The Bertz CT molecular complexity index is 1200. The molecule has 0 radical (unpaired) electrons. The smallest absolute Gasteiger partial charge is 0.350 e. The van der Waals surface area contributed by atoms with E-state index in [-0.39, 0.29) is 12.0 Å². The molecule has 1 unspecified atom stereocenters. The van der Waals surface area contributed by atoms with E-state index in [1.165, 1.54) is 6.07 Å². The van der Waals surface area contributed by atoms with Crippen molar-refractivity contribution in [2.45, 2.75) is 57.3 Å². The van der Waals surface area contributed by atoms with Crippen molar-refractivity contribution in [3.8, 4) is 0 Å². The van der Waals surface area contributed by atoms with Crippen LogP contribution in [0.4, 0.5) is 23.5 Å². The SMILES string of the molecule is CC1=CC(N2CCC(Nc3nc4n(n3)CCCC4c3ccc(F)c(C(F)(F)F)c3)CC2)=[N+]=CN1C. The van der Waals surface area contributed by atoms with E-state index in [0.717, 1.165) is 56.0 Å². The van der Waals surface area contributed by atoms with Crippen molar-refractivity contribution in [1.29, 1.82) is 0 Å². The Balaban J connectivity index is 1.28. The number of aromatic nitrogens is 3. The molecule has 5 rings (SSSR count). The number of amidine groups is 1. The number of fused-ring (bicyclic) bond motifs is 1. The zero-order valence-corrected chi connectivity index (χ0v) is 19.7. The van der Waals surface area contributed by atoms with Gasteiger partial charge in [-0.3, -0.25) is 9.80 Å². The number of nitrogens with one attached hydrogen (secondary N) is 1. The molecule has 1 aromatic heterocycles. The minimum Gasteiger partial charge on any atom is -0.350 e. The van der Waals surface area contributed by atoms with Crippen LogP contribution in [0.3, 0.4) is 0 Å². The van der Waals surface area contributed by atoms with Crippen molar-refractivity contribution >= 4 is 18.1 Å². The first-order chi connectivity index (χ1) is 16.7. The molecule has 35 heavy (non-hydrogen) atoms. The van der Waals surface area contributed by atoms with Crippen LogP contribution in [0.25, 0.3) is 0 Å². The Morgan fingerprint density at radius 1 is 1.11 bits per heavy atom. The average molecular weight is 491 g/mol. The third-order valence-corrected chi connectivity index (χ3v) is 6.98. The number of rotatable bonds is 3. The lowest BCUT2D eigenvalue weighted by atomic mass is 9.90. The topological polar surface area (TPSA) is 63.3 Å². The molecular weight excluding hydrogens is 462 g/mol. The second kappa shape index (κ2) is 9.03. The van der Waals surface area contributed by atoms with Crippen LogP contribution in [0.2, 0.25) is 0 Å². The molecule has 1 aromatic carbocycles. The van der Waals surface area contributed by atoms with Crippen molar-refractivity contribution < 1.29 is 17.6 Å². The molecule has 3 aliphatic heterocycles. The number of hydrogen-bond donors (Lipinski definition) is 1. The normalized spacial score (nSPS) is 21.0. The highest BCUT2D eigenvalue weighted by atomic mass is 19.4. The number of likely N-dealkylation sites (tertiary alicyclic amines) is 1. The maximum absolute atomic E-state index is 13.8. The fourth-order valence-corrected chi connectivity index (χ4v) is 4.88. The fourth-order valence-electron chi connectivity index (χ4n) is 4.88. The van der Waals surface area contributed by atoms with Gasteiger partial charge in [0.2, 0.25) is 5.95 Å². The predicted octanol–water partition coefficient (Wildman–Crippen LogP) is 3.58. The van der Waals surface area contributed by atoms with Gasteiger partial charge in [0.25, 0.3) is 6.34 Å². The minimum absolute atomic E-state index is 0.192. The van der Waals surface area contributed by atoms with Crippen molar-refractivity contribution in [3.63, 3.8) is 0 Å². The number of halogens is 4. The number of benzene rings is 1. The van der Waals surface area contributed by atoms with Crippen LogP contribution < -0.4 is 9.98 Å². The summed E-state index contributed by atoms with van der Waals surface area (Å²) in [6.07, 6.45) is 2.35. The molecule has 1 atom stereocenters. The van der Waals surface area contributed by atoms with Crippen LogP contribution in [0.15, 0.2) is 30.0 Å². The van der Waals surface area contributed by atoms with Gasteiger partial charge in [0, 0.05) is 18.5 Å². The van der Waals surface area contributed by atoms with Crippen LogP contribution in [0.1, 0.15) is 55.5 Å². The number of allylic oxidation sites excluding steroid dienone is 1. The first kappa shape index (κ1) is 23.4. The maximum Gasteiger partial charge on any atom is 0.419 e. The standard InChI is InChI=1S/C24H28F4N7/c1-15-12-21(29-14-33(15)2)34-10-7-17(8-11-34)30-23-31-22-18(4-3-9-35(22)32-23)16-5-6-20(25)19(13-16)24(26,27)28/h5-6,12-14,17-18H,3-4,7-11H2,1-2H3,(H,30,32)/q+1. The minimum atomic E-state index is -4.74. The van der Waals surface area contributed by atoms with Crippen molar-refractivity contribution in [2.24, 2.45) is 0 Å². The summed E-state index contributed by atoms with van der Waals surface area (Å²) in [5.41, 5.74) is 0.306. The molecule has 0 aliphatic carbocycles. The molecule has 1 saturated heterocycles. The number of aryl methyl sites for hydroxylation is 1. The number of piperidine rings is 1. The van der Waals surface area contributed by atoms with E-state index < -0.39 is 17.6 Å². The van der Waals surface area contributed by atoms with E-state index in [9.17, 15) is 17.6 Å². The van der Waals surface area contributed by atoms with Crippen molar-refractivity contribution in [1.82, 2.24) is 29.2 Å². The molecular formula is C24H28F4N7+. The second-order valence-corrected chi connectivity index (χ2v) is 9.35. The molecule has 186 valence electrons. The molecule has 0 saturated carbocycles. The number of nitrogens with zero attached hydrogens (tertiary/aromatic N) is 6. The molecule has 1 fully saturated rings. The van der Waals surface area contributed by atoms with E-state index in [2.05, 4.69) is 38.0 Å². The van der Waals surface area contributed by atoms with Gasteiger partial charge < -0.3 is 5.32 Å². The molecule has 7 nitrogen and oxygen atoms in total. The summed E-state index contributed by atoms with van der Waals surface area (Å²) in [5, 5.41) is 7.99. The lowest BCUT2D eigenvalue weighted by molar-refractivity contribution is -0.140. The summed E-state index contributed by atoms with van der Waals surface area (Å²) in [4.78, 5) is 8.90. The summed E-state index contributed by atoms with van der Waals surface area (Å²) in [6.45, 7) is 4.41. The van der Waals surface area contributed by atoms with E-state index >= 15 is 0 Å². The largest absolute Gasteiger partial charge is 0.419 e. The molecule has 4 heterocycles. The number of anilines is 1. The quantitative estimate of drug-likeness (QED) is 0.527. The van der Waals surface area contributed by atoms with Gasteiger partial charge in [0.05, 0.1) is 37.5 Å². The molecule has 0 spiro atoms. The zero-order valence-electron chi connectivity index (χ0n) is 19.7. The molecule has 11 heteroatoms. The first-order valence-corrected chi connectivity index (χ1v) is 11.8. The average Bonchev–Trinajstić information content (AvgIpc) is 3.23. The lowest BCUT2D eigenvalue weighted by Gasteiger charge is -2.29. The maximum atomic E-state index is 13.8. The highest BCUT2D eigenvalue weighted by Gasteiger charge is 2.36. The van der Waals surface area contributed by atoms with E-state index in [0.29, 0.717) is 30.3 Å². The van der Waals surface area contributed by atoms with Gasteiger partial charge in [-0.05, 0) is 50.3 Å². The number of alkyl halides is 3. The van der Waals surface area contributed by atoms with Crippen LogP contribution in [-0.2, 0) is 12.7 Å². The summed E-state index contributed by atoms with van der Waals surface area (Å²) in [6, 6.07) is 3.41. The Morgan fingerprint density at radius 2 is 1.89 bits per heavy atom. The van der Waals surface area contributed by atoms with Gasteiger partial charge in [-0.1, -0.05) is 6.07 Å². The predicted molar refractivity (Wildman–Crippen MR) is 125 cm³/mol. The zero-order chi connectivity index (χ0) is 24.7. The number of hydrogen-bond acceptors (Lipinski definition) is 5. The van der Waals surface area contributed by atoms with Crippen LogP contribution in [0.5, 0.6) is 0 Å². The lowest BCUT2D eigenvalue weighted by Crippen LogP contribution is -2.44. The Hall–Kier alpha value is -3.33. The van der Waals surface area contributed by atoms with Crippen molar-refractivity contribution in [3.05, 3.63) is 52.7 Å². The third-order valence-electron chi connectivity index (χ3n) is 6.98. The molecule has 1 N–H and O–H groups in total. The molecule has 2 aromatic rings. The van der Waals surface area contributed by atoms with Crippen molar-refractivity contribution in [2.75, 3.05) is 25.5 Å². The summed E-state index contributed by atoms with van der Waals surface area (Å²) in [7, 11) is 1.97. The Kier molecular flexibility index (Phi) is 6.04. The van der Waals surface area contributed by atoms with Crippen LogP contribution in [-0.4, -0.2) is 62.9 Å². The van der Waals surface area contributed by atoms with E-state index in [1.807, 2.05) is 18.3 Å². The third kappa shape index (κ3) is 4.77. The van der Waals surface area contributed by atoms with Gasteiger partial charge in [-0.2, -0.15) is 18.2 Å². The van der Waals surface area contributed by atoms with E-state index in [1.54, 1.807) is 4.68 Å². The first-order valence-electron chi connectivity index (χ1n) is 11.8. The monoisotopic (exact) mass is 490 g/mol. The fraction of sp³-hybridized carbons (Fsp3) is 0.500. The van der Waals surface area contributed by atoms with Gasteiger partial charge in [-0.25, -0.2) is 13.7 Å². The highest BCUT2D eigenvalue weighted by Crippen LogP contribution is 2.37.